The van der Waals surface area contributed by atoms with E-state index in [-0.39, 0.29) is 24.8 Å². The van der Waals surface area contributed by atoms with Crippen molar-refractivity contribution < 1.29 is 0 Å². The van der Waals surface area contributed by atoms with Crippen molar-refractivity contribution in [3.8, 4) is 0 Å². The van der Waals surface area contributed by atoms with E-state index in [1.54, 1.807) is 0 Å². The Morgan fingerprint density at radius 2 is 1.57 bits per heavy atom. The molecule has 0 aliphatic carbocycles. The molecule has 0 saturated carbocycles. The summed E-state index contributed by atoms with van der Waals surface area (Å²) < 4.78 is 0. The topological polar surface area (TPSA) is 41.0 Å². The van der Waals surface area contributed by atoms with E-state index >= 15 is 0 Å². The quantitative estimate of drug-likeness (QED) is 0.904. The molecule has 2 saturated heterocycles. The molecule has 1 aromatic rings. The van der Waals surface area contributed by atoms with E-state index < -0.39 is 0 Å². The summed E-state index contributed by atoms with van der Waals surface area (Å²) in [6.07, 6.45) is 5.38. The van der Waals surface area contributed by atoms with Crippen molar-refractivity contribution in [1.82, 2.24) is 15.5 Å². The lowest BCUT2D eigenvalue weighted by Gasteiger charge is -2.38. The zero-order valence-electron chi connectivity index (χ0n) is 12.6. The maximum atomic E-state index is 4.31. The standard InChI is InChI=1S/C15H24N4.2ClH/c1-12-2-3-15(18-17-12)19-10-6-14(7-11-19)13-4-8-16-9-5-13;;/h2-3,13-14,16H,4-11H2,1H3;2*1H. The molecule has 2 fully saturated rings. The van der Waals surface area contributed by atoms with Gasteiger partial charge in [0.1, 0.15) is 0 Å². The van der Waals surface area contributed by atoms with Gasteiger partial charge in [0.05, 0.1) is 5.69 Å². The number of rotatable bonds is 2. The highest BCUT2D eigenvalue weighted by molar-refractivity contribution is 5.85. The van der Waals surface area contributed by atoms with Gasteiger partial charge in [-0.15, -0.1) is 29.9 Å². The van der Waals surface area contributed by atoms with Crippen LogP contribution in [-0.2, 0) is 0 Å². The first-order valence-electron chi connectivity index (χ1n) is 7.59. The van der Waals surface area contributed by atoms with E-state index in [9.17, 15) is 0 Å². The summed E-state index contributed by atoms with van der Waals surface area (Å²) in [5, 5.41) is 11.9. The molecular formula is C15H26Cl2N4. The maximum Gasteiger partial charge on any atom is 0.151 e. The van der Waals surface area contributed by atoms with Crippen LogP contribution >= 0.6 is 24.8 Å². The Balaban J connectivity index is 0.00000110. The number of anilines is 1. The minimum absolute atomic E-state index is 0. The number of hydrogen-bond acceptors (Lipinski definition) is 4. The Morgan fingerprint density at radius 1 is 0.952 bits per heavy atom. The predicted octanol–water partition coefficient (Wildman–Crippen LogP) is 2.84. The molecule has 1 N–H and O–H groups in total. The molecule has 3 rings (SSSR count). The fourth-order valence-electron chi connectivity index (χ4n) is 3.48. The largest absolute Gasteiger partial charge is 0.355 e. The molecule has 0 spiro atoms. The van der Waals surface area contributed by atoms with Gasteiger partial charge in [0.15, 0.2) is 5.82 Å². The first-order valence-corrected chi connectivity index (χ1v) is 7.59. The molecule has 2 aliphatic rings. The lowest BCUT2D eigenvalue weighted by atomic mass is 9.79. The molecule has 0 aromatic carbocycles. The van der Waals surface area contributed by atoms with Crippen LogP contribution < -0.4 is 10.2 Å². The van der Waals surface area contributed by atoms with Gasteiger partial charge >= 0.3 is 0 Å². The number of piperidine rings is 2. The van der Waals surface area contributed by atoms with Crippen LogP contribution in [0.3, 0.4) is 0 Å². The van der Waals surface area contributed by atoms with Gasteiger partial charge < -0.3 is 10.2 Å². The van der Waals surface area contributed by atoms with Crippen LogP contribution in [0.15, 0.2) is 12.1 Å². The van der Waals surface area contributed by atoms with Crippen molar-refractivity contribution in [2.75, 3.05) is 31.1 Å². The van der Waals surface area contributed by atoms with Crippen molar-refractivity contribution in [2.24, 2.45) is 11.8 Å². The predicted molar refractivity (Wildman–Crippen MR) is 91.8 cm³/mol. The summed E-state index contributed by atoms with van der Waals surface area (Å²) in [7, 11) is 0. The zero-order valence-corrected chi connectivity index (χ0v) is 14.3. The molecule has 0 radical (unpaired) electrons. The SMILES string of the molecule is Cc1ccc(N2CCC(C3CCNCC3)CC2)nn1.Cl.Cl. The van der Waals surface area contributed by atoms with Crippen molar-refractivity contribution in [3.05, 3.63) is 17.8 Å². The summed E-state index contributed by atoms with van der Waals surface area (Å²) in [6, 6.07) is 4.16. The minimum Gasteiger partial charge on any atom is -0.355 e. The second-order valence-corrected chi connectivity index (χ2v) is 5.94. The average Bonchev–Trinajstić information content (AvgIpc) is 2.49. The van der Waals surface area contributed by atoms with Crippen LogP contribution in [0.2, 0.25) is 0 Å². The highest BCUT2D eigenvalue weighted by Gasteiger charge is 2.27. The summed E-state index contributed by atoms with van der Waals surface area (Å²) in [5.74, 6) is 2.93. The molecule has 2 aliphatic heterocycles. The van der Waals surface area contributed by atoms with E-state index in [0.717, 1.165) is 36.4 Å². The first kappa shape index (κ1) is 18.5. The second kappa shape index (κ2) is 8.76. The van der Waals surface area contributed by atoms with Crippen LogP contribution in [0, 0.1) is 18.8 Å². The van der Waals surface area contributed by atoms with Gasteiger partial charge in [-0.1, -0.05) is 0 Å². The Labute approximate surface area is 139 Å². The zero-order chi connectivity index (χ0) is 13.1. The Morgan fingerprint density at radius 3 is 2.14 bits per heavy atom. The van der Waals surface area contributed by atoms with E-state index in [4.69, 9.17) is 0 Å². The molecule has 0 amide bonds. The molecule has 4 nitrogen and oxygen atoms in total. The van der Waals surface area contributed by atoms with Crippen LogP contribution in [0.4, 0.5) is 5.82 Å². The molecule has 1 aromatic heterocycles. The molecule has 3 heterocycles. The van der Waals surface area contributed by atoms with Crippen molar-refractivity contribution in [1.29, 1.82) is 0 Å². The normalized spacial score (nSPS) is 20.5. The average molecular weight is 333 g/mol. The molecular weight excluding hydrogens is 307 g/mol. The van der Waals surface area contributed by atoms with Gasteiger partial charge in [-0.05, 0) is 69.7 Å². The highest BCUT2D eigenvalue weighted by atomic mass is 35.5. The summed E-state index contributed by atoms with van der Waals surface area (Å²) in [5.41, 5.74) is 0.994. The fraction of sp³-hybridized carbons (Fsp3) is 0.733. The Kier molecular flexibility index (Phi) is 7.71. The third-order valence-corrected chi connectivity index (χ3v) is 4.70. The Bertz CT molecular complexity index is 399. The third kappa shape index (κ3) is 4.70. The maximum absolute atomic E-state index is 4.31. The smallest absolute Gasteiger partial charge is 0.151 e. The number of hydrogen-bond donors (Lipinski definition) is 1. The summed E-state index contributed by atoms with van der Waals surface area (Å²) in [4.78, 5) is 2.39. The van der Waals surface area contributed by atoms with E-state index in [1.165, 1.54) is 38.8 Å². The molecule has 0 atom stereocenters. The van der Waals surface area contributed by atoms with E-state index in [1.807, 2.05) is 6.92 Å². The molecule has 6 heteroatoms. The van der Waals surface area contributed by atoms with Gasteiger partial charge in [0, 0.05) is 13.1 Å². The summed E-state index contributed by atoms with van der Waals surface area (Å²) in [6.45, 7) is 6.71. The molecule has 0 unspecified atom stereocenters. The Hall–Kier alpha value is -0.580. The van der Waals surface area contributed by atoms with E-state index in [2.05, 4.69) is 32.5 Å². The van der Waals surface area contributed by atoms with Crippen molar-refractivity contribution in [2.45, 2.75) is 32.6 Å². The van der Waals surface area contributed by atoms with Gasteiger partial charge in [-0.2, -0.15) is 5.10 Å². The molecule has 21 heavy (non-hydrogen) atoms. The molecule has 120 valence electrons. The number of nitrogens with zero attached hydrogens (tertiary/aromatic N) is 3. The lowest BCUT2D eigenvalue weighted by Crippen LogP contribution is -2.39. The number of halogens is 2. The number of aromatic nitrogens is 2. The number of aryl methyl sites for hydroxylation is 1. The van der Waals surface area contributed by atoms with Crippen molar-refractivity contribution >= 4 is 30.6 Å². The van der Waals surface area contributed by atoms with Gasteiger partial charge in [0.2, 0.25) is 0 Å². The van der Waals surface area contributed by atoms with Crippen LogP contribution in [0.5, 0.6) is 0 Å². The number of nitrogens with one attached hydrogen (secondary N) is 1. The van der Waals surface area contributed by atoms with E-state index in [0.29, 0.717) is 0 Å². The fourth-order valence-corrected chi connectivity index (χ4v) is 3.48. The minimum atomic E-state index is 0. The van der Waals surface area contributed by atoms with Crippen molar-refractivity contribution in [3.63, 3.8) is 0 Å². The molecule has 0 bridgehead atoms. The third-order valence-electron chi connectivity index (χ3n) is 4.70. The second-order valence-electron chi connectivity index (χ2n) is 5.94. The van der Waals surface area contributed by atoms with Gasteiger partial charge in [-0.25, -0.2) is 0 Å². The van der Waals surface area contributed by atoms with Crippen LogP contribution in [0.1, 0.15) is 31.4 Å². The van der Waals surface area contributed by atoms with Crippen LogP contribution in [0.25, 0.3) is 0 Å². The van der Waals surface area contributed by atoms with Gasteiger partial charge in [-0.3, -0.25) is 0 Å². The monoisotopic (exact) mass is 332 g/mol. The first-order chi connectivity index (χ1) is 9.33. The summed E-state index contributed by atoms with van der Waals surface area (Å²) >= 11 is 0. The van der Waals surface area contributed by atoms with Gasteiger partial charge in [0.25, 0.3) is 0 Å². The lowest BCUT2D eigenvalue weighted by molar-refractivity contribution is 0.221. The van der Waals surface area contributed by atoms with Crippen LogP contribution in [-0.4, -0.2) is 36.4 Å². The highest BCUT2D eigenvalue weighted by Crippen LogP contribution is 2.31.